The standard InChI is InChI=1S/C22H21N3O3S2/c1-14-7-9-17(10-8-14)30(27,28)20(21(26)25-22-24-15(2)13-29-22)11-16-12-23-19-6-4-3-5-18(16)19/h3-10,12-13,20,23H,11H2,1-2H3,(H,24,25,26). The lowest BCUT2D eigenvalue weighted by atomic mass is 10.1. The second kappa shape index (κ2) is 8.04. The summed E-state index contributed by atoms with van der Waals surface area (Å²) < 4.78 is 26.9. The third kappa shape index (κ3) is 4.01. The average molecular weight is 440 g/mol. The molecule has 4 aromatic rings. The van der Waals surface area contributed by atoms with Crippen LogP contribution < -0.4 is 5.32 Å². The Morgan fingerprint density at radius 3 is 2.57 bits per heavy atom. The number of amides is 1. The molecule has 1 atom stereocenters. The van der Waals surface area contributed by atoms with Gasteiger partial charge in [-0.3, -0.25) is 4.79 Å². The highest BCUT2D eigenvalue weighted by Gasteiger charge is 2.35. The maximum Gasteiger partial charge on any atom is 0.245 e. The Balaban J connectivity index is 1.73. The van der Waals surface area contributed by atoms with E-state index in [1.54, 1.807) is 35.8 Å². The first-order chi connectivity index (χ1) is 14.3. The molecule has 0 aliphatic heterocycles. The summed E-state index contributed by atoms with van der Waals surface area (Å²) in [5, 5.41) is 4.50. The molecule has 0 bridgehead atoms. The quantitative estimate of drug-likeness (QED) is 0.469. The summed E-state index contributed by atoms with van der Waals surface area (Å²) in [5.74, 6) is -0.588. The topological polar surface area (TPSA) is 91.9 Å². The summed E-state index contributed by atoms with van der Waals surface area (Å²) in [6, 6.07) is 14.2. The van der Waals surface area contributed by atoms with E-state index >= 15 is 0 Å². The lowest BCUT2D eigenvalue weighted by Crippen LogP contribution is -2.37. The minimum absolute atomic E-state index is 0.0520. The lowest BCUT2D eigenvalue weighted by molar-refractivity contribution is -0.115. The normalized spacial score (nSPS) is 12.7. The van der Waals surface area contributed by atoms with E-state index in [9.17, 15) is 13.2 Å². The molecular weight excluding hydrogens is 418 g/mol. The summed E-state index contributed by atoms with van der Waals surface area (Å²) in [5.41, 5.74) is 3.39. The van der Waals surface area contributed by atoms with Gasteiger partial charge in [0.2, 0.25) is 5.91 Å². The van der Waals surface area contributed by atoms with Gasteiger partial charge in [0.05, 0.1) is 10.6 Å². The van der Waals surface area contributed by atoms with Crippen molar-refractivity contribution in [3.8, 4) is 0 Å². The molecule has 0 saturated carbocycles. The van der Waals surface area contributed by atoms with Crippen LogP contribution in [0.25, 0.3) is 10.9 Å². The summed E-state index contributed by atoms with van der Waals surface area (Å²) in [7, 11) is -3.92. The van der Waals surface area contributed by atoms with Crippen molar-refractivity contribution in [2.45, 2.75) is 30.4 Å². The van der Waals surface area contributed by atoms with Crippen LogP contribution in [0.5, 0.6) is 0 Å². The monoisotopic (exact) mass is 439 g/mol. The molecule has 6 nitrogen and oxygen atoms in total. The van der Waals surface area contributed by atoms with Gasteiger partial charge in [-0.05, 0) is 37.6 Å². The number of aryl methyl sites for hydroxylation is 2. The summed E-state index contributed by atoms with van der Waals surface area (Å²) in [4.78, 5) is 20.6. The molecule has 2 aromatic heterocycles. The first kappa shape index (κ1) is 20.3. The second-order valence-electron chi connectivity index (χ2n) is 7.19. The Hall–Kier alpha value is -2.97. The van der Waals surface area contributed by atoms with Crippen molar-refractivity contribution in [1.29, 1.82) is 0 Å². The van der Waals surface area contributed by atoms with Crippen LogP contribution in [0.1, 0.15) is 16.8 Å². The number of thiazole rings is 1. The third-order valence-corrected chi connectivity index (χ3v) is 7.88. The number of rotatable bonds is 6. The van der Waals surface area contributed by atoms with Gasteiger partial charge in [-0.2, -0.15) is 0 Å². The number of fused-ring (bicyclic) bond motifs is 1. The van der Waals surface area contributed by atoms with Crippen molar-refractivity contribution in [2.75, 3.05) is 5.32 Å². The van der Waals surface area contributed by atoms with Gasteiger partial charge in [-0.1, -0.05) is 35.9 Å². The van der Waals surface area contributed by atoms with Crippen molar-refractivity contribution >= 4 is 43.1 Å². The highest BCUT2D eigenvalue weighted by Crippen LogP contribution is 2.26. The highest BCUT2D eigenvalue weighted by atomic mass is 32.2. The Morgan fingerprint density at radius 1 is 1.13 bits per heavy atom. The van der Waals surface area contributed by atoms with E-state index in [4.69, 9.17) is 0 Å². The number of carbonyl (C=O) groups is 1. The molecule has 0 saturated heterocycles. The Kier molecular flexibility index (Phi) is 5.44. The molecule has 0 spiro atoms. The highest BCUT2D eigenvalue weighted by molar-refractivity contribution is 7.92. The van der Waals surface area contributed by atoms with E-state index in [-0.39, 0.29) is 11.3 Å². The molecule has 0 fully saturated rings. The van der Waals surface area contributed by atoms with E-state index < -0.39 is 21.0 Å². The van der Waals surface area contributed by atoms with E-state index in [0.717, 1.165) is 27.7 Å². The fourth-order valence-corrected chi connectivity index (χ4v) is 5.61. The fraction of sp³-hybridized carbons (Fsp3) is 0.182. The van der Waals surface area contributed by atoms with Gasteiger partial charge in [0.15, 0.2) is 15.0 Å². The number of H-pyrrole nitrogens is 1. The second-order valence-corrected chi connectivity index (χ2v) is 10.2. The fourth-order valence-electron chi connectivity index (χ4n) is 3.33. The predicted octanol–water partition coefficient (Wildman–Crippen LogP) is 4.26. The molecule has 2 N–H and O–H groups in total. The van der Waals surface area contributed by atoms with Crippen LogP contribution in [0.3, 0.4) is 0 Å². The molecule has 1 amide bonds. The number of anilines is 1. The number of carbonyl (C=O) groups excluding carboxylic acids is 1. The third-order valence-electron chi connectivity index (χ3n) is 4.95. The first-order valence-corrected chi connectivity index (χ1v) is 11.9. The van der Waals surface area contributed by atoms with Crippen molar-refractivity contribution in [1.82, 2.24) is 9.97 Å². The molecule has 2 aromatic carbocycles. The molecule has 8 heteroatoms. The Bertz CT molecular complexity index is 1300. The Morgan fingerprint density at radius 2 is 1.87 bits per heavy atom. The van der Waals surface area contributed by atoms with Crippen LogP contribution in [-0.4, -0.2) is 29.5 Å². The van der Waals surface area contributed by atoms with Gasteiger partial charge in [0.25, 0.3) is 0 Å². The first-order valence-electron chi connectivity index (χ1n) is 9.43. The molecule has 0 aliphatic carbocycles. The van der Waals surface area contributed by atoms with E-state index in [2.05, 4.69) is 15.3 Å². The maximum absolute atomic E-state index is 13.5. The number of aromatic amines is 1. The van der Waals surface area contributed by atoms with Crippen molar-refractivity contribution in [3.05, 3.63) is 76.9 Å². The van der Waals surface area contributed by atoms with Crippen LogP contribution in [0.2, 0.25) is 0 Å². The minimum atomic E-state index is -3.92. The van der Waals surface area contributed by atoms with Gasteiger partial charge in [-0.15, -0.1) is 11.3 Å². The van der Waals surface area contributed by atoms with Crippen LogP contribution >= 0.6 is 11.3 Å². The van der Waals surface area contributed by atoms with E-state index in [1.807, 2.05) is 38.1 Å². The van der Waals surface area contributed by atoms with E-state index in [0.29, 0.717) is 5.13 Å². The number of hydrogen-bond acceptors (Lipinski definition) is 5. The number of benzene rings is 2. The number of para-hydroxylation sites is 1. The number of nitrogens with one attached hydrogen (secondary N) is 2. The number of hydrogen-bond donors (Lipinski definition) is 2. The lowest BCUT2D eigenvalue weighted by Gasteiger charge is -2.17. The maximum atomic E-state index is 13.5. The van der Waals surface area contributed by atoms with Gasteiger partial charge in [0.1, 0.15) is 5.25 Å². The zero-order valence-electron chi connectivity index (χ0n) is 16.5. The molecule has 4 rings (SSSR count). The zero-order chi connectivity index (χ0) is 21.3. The van der Waals surface area contributed by atoms with E-state index in [1.165, 1.54) is 11.3 Å². The molecule has 2 heterocycles. The Labute approximate surface area is 178 Å². The average Bonchev–Trinajstić information content (AvgIpc) is 3.32. The minimum Gasteiger partial charge on any atom is -0.361 e. The molecule has 0 radical (unpaired) electrons. The number of sulfone groups is 1. The van der Waals surface area contributed by atoms with Crippen molar-refractivity contribution in [3.63, 3.8) is 0 Å². The van der Waals surface area contributed by atoms with Gasteiger partial charge in [-0.25, -0.2) is 13.4 Å². The molecule has 30 heavy (non-hydrogen) atoms. The van der Waals surface area contributed by atoms with Crippen LogP contribution in [-0.2, 0) is 21.1 Å². The summed E-state index contributed by atoms with van der Waals surface area (Å²) >= 11 is 1.27. The van der Waals surface area contributed by atoms with Crippen LogP contribution in [0, 0.1) is 13.8 Å². The van der Waals surface area contributed by atoms with Crippen molar-refractivity contribution < 1.29 is 13.2 Å². The number of aromatic nitrogens is 2. The molecular formula is C22H21N3O3S2. The summed E-state index contributed by atoms with van der Waals surface area (Å²) in [6.07, 6.45) is 1.82. The van der Waals surface area contributed by atoms with Crippen molar-refractivity contribution in [2.24, 2.45) is 0 Å². The largest absolute Gasteiger partial charge is 0.361 e. The van der Waals surface area contributed by atoms with Crippen LogP contribution in [0.4, 0.5) is 5.13 Å². The molecule has 0 aliphatic rings. The van der Waals surface area contributed by atoms with Crippen LogP contribution in [0.15, 0.2) is 65.0 Å². The predicted molar refractivity (Wildman–Crippen MR) is 120 cm³/mol. The zero-order valence-corrected chi connectivity index (χ0v) is 18.2. The molecule has 1 unspecified atom stereocenters. The van der Waals surface area contributed by atoms with Gasteiger partial charge >= 0.3 is 0 Å². The van der Waals surface area contributed by atoms with Gasteiger partial charge < -0.3 is 10.3 Å². The smallest absolute Gasteiger partial charge is 0.245 e. The SMILES string of the molecule is Cc1ccc(S(=O)(=O)C(Cc2c[nH]c3ccccc23)C(=O)Nc2nc(C)cs2)cc1. The van der Waals surface area contributed by atoms with Gasteiger partial charge in [0, 0.05) is 28.9 Å². The molecule has 154 valence electrons. The summed E-state index contributed by atoms with van der Waals surface area (Å²) in [6.45, 7) is 3.70. The number of nitrogens with zero attached hydrogens (tertiary/aromatic N) is 1.